The normalized spacial score (nSPS) is 10.8. The first-order chi connectivity index (χ1) is 12.5. The number of benzene rings is 2. The Morgan fingerprint density at radius 3 is 2.35 bits per heavy atom. The van der Waals surface area contributed by atoms with Crippen LogP contribution in [0.4, 0.5) is 16.0 Å². The molecule has 5 nitrogen and oxygen atoms in total. The van der Waals surface area contributed by atoms with Crippen molar-refractivity contribution in [1.82, 2.24) is 5.16 Å². The summed E-state index contributed by atoms with van der Waals surface area (Å²) >= 11 is 0. The van der Waals surface area contributed by atoms with E-state index >= 15 is 0 Å². The predicted octanol–water partition coefficient (Wildman–Crippen LogP) is 5.13. The molecule has 6 heteroatoms. The molecule has 0 aliphatic heterocycles. The number of carbonyl (C=O) groups is 1. The van der Waals surface area contributed by atoms with Crippen LogP contribution in [0.15, 0.2) is 53.1 Å². The Bertz CT molecular complexity index is 900. The van der Waals surface area contributed by atoms with E-state index in [9.17, 15) is 9.18 Å². The van der Waals surface area contributed by atoms with Crippen molar-refractivity contribution in [3.8, 4) is 11.3 Å². The first-order valence-electron chi connectivity index (χ1n) is 8.20. The summed E-state index contributed by atoms with van der Waals surface area (Å²) in [5, 5.41) is 7.02. The lowest BCUT2D eigenvalue weighted by Crippen LogP contribution is -2.05. The highest BCUT2D eigenvalue weighted by Crippen LogP contribution is 2.32. The van der Waals surface area contributed by atoms with Gasteiger partial charge in [-0.25, -0.2) is 9.18 Å². The molecule has 2 aromatic carbocycles. The molecule has 26 heavy (non-hydrogen) atoms. The summed E-state index contributed by atoms with van der Waals surface area (Å²) < 4.78 is 23.3. The molecule has 0 atom stereocenters. The zero-order valence-electron chi connectivity index (χ0n) is 14.7. The van der Waals surface area contributed by atoms with Crippen molar-refractivity contribution in [3.63, 3.8) is 0 Å². The molecule has 1 heterocycles. The van der Waals surface area contributed by atoms with Gasteiger partial charge < -0.3 is 14.6 Å². The summed E-state index contributed by atoms with van der Waals surface area (Å²) in [6.07, 6.45) is 0. The Morgan fingerprint density at radius 1 is 1.12 bits per heavy atom. The minimum atomic E-state index is -0.591. The number of ether oxygens (including phenoxy) is 1. The summed E-state index contributed by atoms with van der Waals surface area (Å²) in [5.41, 5.74) is 2.96. The van der Waals surface area contributed by atoms with Gasteiger partial charge in [-0.1, -0.05) is 31.1 Å². The Balaban J connectivity index is 1.96. The number of hydrogen-bond donors (Lipinski definition) is 1. The Hall–Kier alpha value is -3.15. The molecule has 0 amide bonds. The predicted molar refractivity (Wildman–Crippen MR) is 97.1 cm³/mol. The standard InChI is InChI=1S/C20H19FN2O3/c1-12(2)13-6-10-16(11-7-13)22-19-17(20(24)25-3)18(23-26-19)14-4-8-15(21)9-5-14/h4-12,22H,1-3H3. The summed E-state index contributed by atoms with van der Waals surface area (Å²) in [5.74, 6) is -0.370. The third-order valence-electron chi connectivity index (χ3n) is 4.03. The first-order valence-corrected chi connectivity index (χ1v) is 8.20. The van der Waals surface area contributed by atoms with Crippen LogP contribution in [0.25, 0.3) is 11.3 Å². The lowest BCUT2D eigenvalue weighted by Gasteiger charge is -2.08. The van der Waals surface area contributed by atoms with Crippen LogP contribution >= 0.6 is 0 Å². The van der Waals surface area contributed by atoms with Crippen LogP contribution < -0.4 is 5.32 Å². The lowest BCUT2D eigenvalue weighted by molar-refractivity contribution is 0.0602. The van der Waals surface area contributed by atoms with Gasteiger partial charge in [0.1, 0.15) is 11.5 Å². The maximum absolute atomic E-state index is 13.2. The zero-order valence-corrected chi connectivity index (χ0v) is 14.7. The smallest absolute Gasteiger partial charge is 0.345 e. The van der Waals surface area contributed by atoms with Crippen molar-refractivity contribution < 1.29 is 18.4 Å². The van der Waals surface area contributed by atoms with Crippen molar-refractivity contribution >= 4 is 17.5 Å². The molecule has 0 saturated carbocycles. The number of hydrogen-bond acceptors (Lipinski definition) is 5. The molecule has 134 valence electrons. The fraction of sp³-hybridized carbons (Fsp3) is 0.200. The maximum Gasteiger partial charge on any atom is 0.345 e. The van der Waals surface area contributed by atoms with Crippen LogP contribution in [-0.2, 0) is 4.74 Å². The van der Waals surface area contributed by atoms with Gasteiger partial charge in [0.25, 0.3) is 0 Å². The number of aromatic nitrogens is 1. The fourth-order valence-corrected chi connectivity index (χ4v) is 2.55. The number of esters is 1. The van der Waals surface area contributed by atoms with Crippen LogP contribution in [0.3, 0.4) is 0 Å². The second kappa shape index (κ2) is 7.39. The summed E-state index contributed by atoms with van der Waals surface area (Å²) in [7, 11) is 1.28. The number of nitrogens with one attached hydrogen (secondary N) is 1. The molecule has 0 saturated heterocycles. The van der Waals surface area contributed by atoms with E-state index in [4.69, 9.17) is 9.26 Å². The molecule has 0 radical (unpaired) electrons. The van der Waals surface area contributed by atoms with Gasteiger partial charge in [0.05, 0.1) is 7.11 Å². The molecule has 0 aliphatic rings. The molecule has 0 unspecified atom stereocenters. The van der Waals surface area contributed by atoms with Crippen molar-refractivity contribution in [1.29, 1.82) is 0 Å². The van der Waals surface area contributed by atoms with Crippen LogP contribution in [0, 0.1) is 5.82 Å². The van der Waals surface area contributed by atoms with E-state index in [-0.39, 0.29) is 23.0 Å². The summed E-state index contributed by atoms with van der Waals surface area (Å²) in [6, 6.07) is 13.4. The topological polar surface area (TPSA) is 64.4 Å². The molecule has 1 aromatic heterocycles. The molecule has 0 fully saturated rings. The molecule has 3 rings (SSSR count). The van der Waals surface area contributed by atoms with Gasteiger partial charge in [-0.05, 0) is 47.9 Å². The number of rotatable bonds is 5. The summed E-state index contributed by atoms with van der Waals surface area (Å²) in [6.45, 7) is 4.23. The van der Waals surface area contributed by atoms with E-state index in [1.165, 1.54) is 36.9 Å². The second-order valence-electron chi connectivity index (χ2n) is 6.14. The monoisotopic (exact) mass is 354 g/mol. The zero-order chi connectivity index (χ0) is 18.7. The van der Waals surface area contributed by atoms with Gasteiger partial charge in [0, 0.05) is 11.3 Å². The van der Waals surface area contributed by atoms with Crippen LogP contribution in [0.5, 0.6) is 0 Å². The Kier molecular flexibility index (Phi) is 5.02. The Morgan fingerprint density at radius 2 is 1.77 bits per heavy atom. The maximum atomic E-state index is 13.2. The van der Waals surface area contributed by atoms with Crippen molar-refractivity contribution in [2.45, 2.75) is 19.8 Å². The molecule has 0 bridgehead atoms. The van der Waals surface area contributed by atoms with Crippen LogP contribution in [0.1, 0.15) is 35.7 Å². The van der Waals surface area contributed by atoms with E-state index in [2.05, 4.69) is 24.3 Å². The van der Waals surface area contributed by atoms with Crippen molar-refractivity contribution in [3.05, 3.63) is 65.5 Å². The third-order valence-corrected chi connectivity index (χ3v) is 4.03. The largest absolute Gasteiger partial charge is 0.465 e. The van der Waals surface area contributed by atoms with Gasteiger partial charge in [-0.3, -0.25) is 0 Å². The lowest BCUT2D eigenvalue weighted by atomic mass is 10.0. The molecule has 0 spiro atoms. The molecular weight excluding hydrogens is 335 g/mol. The van der Waals surface area contributed by atoms with Crippen molar-refractivity contribution in [2.75, 3.05) is 12.4 Å². The number of anilines is 2. The average molecular weight is 354 g/mol. The van der Waals surface area contributed by atoms with Crippen molar-refractivity contribution in [2.24, 2.45) is 0 Å². The minimum Gasteiger partial charge on any atom is -0.465 e. The van der Waals surface area contributed by atoms with E-state index in [0.717, 1.165) is 5.69 Å². The molecular formula is C20H19FN2O3. The Labute approximate surface area is 150 Å². The highest BCUT2D eigenvalue weighted by Gasteiger charge is 2.25. The van der Waals surface area contributed by atoms with Gasteiger partial charge in [0.15, 0.2) is 5.56 Å². The fourth-order valence-electron chi connectivity index (χ4n) is 2.55. The number of halogens is 1. The van der Waals surface area contributed by atoms with Gasteiger partial charge in [-0.2, -0.15) is 0 Å². The van der Waals surface area contributed by atoms with E-state index in [1.807, 2.05) is 24.3 Å². The minimum absolute atomic E-state index is 0.159. The molecule has 0 aliphatic carbocycles. The third kappa shape index (κ3) is 3.59. The molecule has 1 N–H and O–H groups in total. The van der Waals surface area contributed by atoms with Gasteiger partial charge >= 0.3 is 5.97 Å². The van der Waals surface area contributed by atoms with Gasteiger partial charge in [0.2, 0.25) is 5.88 Å². The SMILES string of the molecule is COC(=O)c1c(-c2ccc(F)cc2)noc1Nc1ccc(C(C)C)cc1. The van der Waals surface area contributed by atoms with Crippen LogP contribution in [-0.4, -0.2) is 18.2 Å². The van der Waals surface area contributed by atoms with E-state index in [1.54, 1.807) is 0 Å². The van der Waals surface area contributed by atoms with Gasteiger partial charge in [-0.15, -0.1) is 0 Å². The summed E-state index contributed by atoms with van der Waals surface area (Å²) in [4.78, 5) is 12.3. The van der Waals surface area contributed by atoms with E-state index in [0.29, 0.717) is 11.5 Å². The molecule has 3 aromatic rings. The second-order valence-corrected chi connectivity index (χ2v) is 6.14. The number of nitrogens with zero attached hydrogens (tertiary/aromatic N) is 1. The van der Waals surface area contributed by atoms with Crippen LogP contribution in [0.2, 0.25) is 0 Å². The average Bonchev–Trinajstić information content (AvgIpc) is 3.05. The van der Waals surface area contributed by atoms with E-state index < -0.39 is 5.97 Å². The highest BCUT2D eigenvalue weighted by molar-refractivity contribution is 6.01. The number of carbonyl (C=O) groups excluding carboxylic acids is 1. The first kappa shape index (κ1) is 17.7. The quantitative estimate of drug-likeness (QED) is 0.643. The highest BCUT2D eigenvalue weighted by atomic mass is 19.1. The number of methoxy groups -OCH3 is 1.